The summed E-state index contributed by atoms with van der Waals surface area (Å²) in [4.78, 5) is 28.3. The molecule has 1 aromatic carbocycles. The highest BCUT2D eigenvalue weighted by Crippen LogP contribution is 2.26. The molecule has 2 aromatic rings. The van der Waals surface area contributed by atoms with E-state index in [-0.39, 0.29) is 17.7 Å². The number of nitrogens with one attached hydrogen (secondary N) is 3. The van der Waals surface area contributed by atoms with Crippen molar-refractivity contribution < 1.29 is 9.59 Å². The molecular formula is C17H22N4O2S. The predicted molar refractivity (Wildman–Crippen MR) is 96.1 cm³/mol. The summed E-state index contributed by atoms with van der Waals surface area (Å²) in [5, 5.41) is 9.66. The maximum absolute atomic E-state index is 12.0. The van der Waals surface area contributed by atoms with Gasteiger partial charge in [0.1, 0.15) is 6.04 Å². The molecule has 1 aromatic heterocycles. The first-order valence-electron chi connectivity index (χ1n) is 8.31. The van der Waals surface area contributed by atoms with Crippen LogP contribution in [0.3, 0.4) is 0 Å². The van der Waals surface area contributed by atoms with Gasteiger partial charge < -0.3 is 16.0 Å². The number of nitrogens with zero attached hydrogens (tertiary/aromatic N) is 1. The Morgan fingerprint density at radius 2 is 2.08 bits per heavy atom. The van der Waals surface area contributed by atoms with Gasteiger partial charge in [-0.3, -0.25) is 9.59 Å². The van der Waals surface area contributed by atoms with Gasteiger partial charge in [-0.25, -0.2) is 4.98 Å². The van der Waals surface area contributed by atoms with Gasteiger partial charge >= 0.3 is 0 Å². The van der Waals surface area contributed by atoms with Gasteiger partial charge in [0.05, 0.1) is 10.2 Å². The Kier molecular flexibility index (Phi) is 5.30. The lowest BCUT2D eigenvalue weighted by atomic mass is 9.84. The van der Waals surface area contributed by atoms with E-state index in [0.717, 1.165) is 34.6 Å². The lowest BCUT2D eigenvalue weighted by Gasteiger charge is -2.25. The number of benzene rings is 1. The minimum atomic E-state index is -0.499. The number of thiazole rings is 1. The summed E-state index contributed by atoms with van der Waals surface area (Å²) in [5.74, 6) is -0.0637. The van der Waals surface area contributed by atoms with Gasteiger partial charge in [0.15, 0.2) is 5.13 Å². The minimum Gasteiger partial charge on any atom is -0.360 e. The van der Waals surface area contributed by atoms with E-state index in [0.29, 0.717) is 13.1 Å². The Labute approximate surface area is 145 Å². The first-order chi connectivity index (χ1) is 11.6. The first kappa shape index (κ1) is 16.7. The van der Waals surface area contributed by atoms with E-state index in [2.05, 4.69) is 20.9 Å². The number of rotatable bonds is 7. The number of carbonyl (C=O) groups excluding carboxylic acids is 2. The summed E-state index contributed by atoms with van der Waals surface area (Å²) < 4.78 is 1.14. The second-order valence-electron chi connectivity index (χ2n) is 6.06. The summed E-state index contributed by atoms with van der Waals surface area (Å²) in [6.07, 6.45) is 2.98. The standard InChI is InChI=1S/C17H22N4O2S/c1-11(20-16(23)12-5-4-6-12)15(22)18-9-10-19-17-21-13-7-2-3-8-14(13)24-17/h2-3,7-8,11-12H,4-6,9-10H2,1H3,(H,18,22)(H,19,21)(H,20,23). The fourth-order valence-corrected chi connectivity index (χ4v) is 3.41. The van der Waals surface area contributed by atoms with Crippen LogP contribution in [-0.4, -0.2) is 35.9 Å². The van der Waals surface area contributed by atoms with Crippen molar-refractivity contribution in [3.05, 3.63) is 24.3 Å². The van der Waals surface area contributed by atoms with E-state index in [1.165, 1.54) is 0 Å². The molecule has 1 aliphatic rings. The number of hydrogen-bond donors (Lipinski definition) is 3. The molecule has 0 bridgehead atoms. The predicted octanol–water partition coefficient (Wildman–Crippen LogP) is 2.13. The van der Waals surface area contributed by atoms with Crippen LogP contribution in [0.1, 0.15) is 26.2 Å². The Balaban J connectivity index is 1.37. The van der Waals surface area contributed by atoms with Crippen molar-refractivity contribution in [3.8, 4) is 0 Å². The lowest BCUT2D eigenvalue weighted by Crippen LogP contribution is -2.48. The molecule has 0 saturated heterocycles. The van der Waals surface area contributed by atoms with Crippen molar-refractivity contribution in [3.63, 3.8) is 0 Å². The average Bonchev–Trinajstić information content (AvgIpc) is 2.92. The van der Waals surface area contributed by atoms with E-state index in [1.54, 1.807) is 18.3 Å². The van der Waals surface area contributed by atoms with Crippen molar-refractivity contribution >= 4 is 38.5 Å². The normalized spacial score (nSPS) is 15.5. The van der Waals surface area contributed by atoms with Crippen molar-refractivity contribution in [2.45, 2.75) is 32.2 Å². The maximum atomic E-state index is 12.0. The molecule has 1 aliphatic carbocycles. The molecular weight excluding hydrogens is 324 g/mol. The van der Waals surface area contributed by atoms with Gasteiger partial charge in [-0.05, 0) is 31.9 Å². The van der Waals surface area contributed by atoms with E-state index >= 15 is 0 Å². The van der Waals surface area contributed by atoms with Crippen molar-refractivity contribution in [1.29, 1.82) is 0 Å². The van der Waals surface area contributed by atoms with E-state index in [9.17, 15) is 9.59 Å². The lowest BCUT2D eigenvalue weighted by molar-refractivity contribution is -0.132. The highest BCUT2D eigenvalue weighted by molar-refractivity contribution is 7.22. The topological polar surface area (TPSA) is 83.1 Å². The molecule has 1 fully saturated rings. The number of para-hydroxylation sites is 1. The van der Waals surface area contributed by atoms with Crippen molar-refractivity contribution in [1.82, 2.24) is 15.6 Å². The Bertz CT molecular complexity index is 693. The van der Waals surface area contributed by atoms with Gasteiger partial charge in [-0.2, -0.15) is 0 Å². The van der Waals surface area contributed by atoms with Crippen LogP contribution >= 0.6 is 11.3 Å². The second kappa shape index (κ2) is 7.61. The number of amides is 2. The van der Waals surface area contributed by atoms with E-state index in [4.69, 9.17) is 0 Å². The molecule has 1 heterocycles. The monoisotopic (exact) mass is 346 g/mol. The fourth-order valence-electron chi connectivity index (χ4n) is 2.52. The molecule has 6 nitrogen and oxygen atoms in total. The summed E-state index contributed by atoms with van der Waals surface area (Å²) in [6, 6.07) is 7.47. The summed E-state index contributed by atoms with van der Waals surface area (Å²) in [7, 11) is 0. The van der Waals surface area contributed by atoms with Gasteiger partial charge in [-0.1, -0.05) is 29.9 Å². The van der Waals surface area contributed by atoms with Gasteiger partial charge in [0.2, 0.25) is 11.8 Å². The van der Waals surface area contributed by atoms with Crippen LogP contribution in [-0.2, 0) is 9.59 Å². The molecule has 0 spiro atoms. The SMILES string of the molecule is CC(NC(=O)C1CCC1)C(=O)NCCNc1nc2ccccc2s1. The third kappa shape index (κ3) is 4.03. The van der Waals surface area contributed by atoms with Crippen LogP contribution in [0.2, 0.25) is 0 Å². The molecule has 7 heteroatoms. The van der Waals surface area contributed by atoms with Gasteiger partial charge in [0.25, 0.3) is 0 Å². The Morgan fingerprint density at radius 1 is 1.29 bits per heavy atom. The first-order valence-corrected chi connectivity index (χ1v) is 9.12. The highest BCUT2D eigenvalue weighted by atomic mass is 32.1. The van der Waals surface area contributed by atoms with Crippen LogP contribution in [0.4, 0.5) is 5.13 Å². The zero-order valence-corrected chi connectivity index (χ0v) is 14.5. The van der Waals surface area contributed by atoms with Gasteiger partial charge in [0, 0.05) is 19.0 Å². The number of hydrogen-bond acceptors (Lipinski definition) is 5. The molecule has 24 heavy (non-hydrogen) atoms. The average molecular weight is 346 g/mol. The molecule has 1 atom stereocenters. The summed E-state index contributed by atoms with van der Waals surface area (Å²) >= 11 is 1.59. The smallest absolute Gasteiger partial charge is 0.242 e. The van der Waals surface area contributed by atoms with Crippen LogP contribution in [0.25, 0.3) is 10.2 Å². The van der Waals surface area contributed by atoms with Crippen LogP contribution in [0.15, 0.2) is 24.3 Å². The van der Waals surface area contributed by atoms with Crippen LogP contribution in [0, 0.1) is 5.92 Å². The van der Waals surface area contributed by atoms with Gasteiger partial charge in [-0.15, -0.1) is 0 Å². The molecule has 128 valence electrons. The second-order valence-corrected chi connectivity index (χ2v) is 7.09. The van der Waals surface area contributed by atoms with Crippen molar-refractivity contribution in [2.75, 3.05) is 18.4 Å². The quantitative estimate of drug-likeness (QED) is 0.671. The molecule has 0 radical (unpaired) electrons. The third-order valence-electron chi connectivity index (χ3n) is 4.22. The number of carbonyl (C=O) groups is 2. The zero-order chi connectivity index (χ0) is 16.9. The largest absolute Gasteiger partial charge is 0.360 e. The molecule has 1 saturated carbocycles. The Hall–Kier alpha value is -2.15. The third-order valence-corrected chi connectivity index (χ3v) is 5.22. The van der Waals surface area contributed by atoms with Crippen LogP contribution < -0.4 is 16.0 Å². The molecule has 3 N–H and O–H groups in total. The Morgan fingerprint density at radius 3 is 2.79 bits per heavy atom. The number of aromatic nitrogens is 1. The number of anilines is 1. The van der Waals surface area contributed by atoms with Crippen molar-refractivity contribution in [2.24, 2.45) is 5.92 Å². The summed E-state index contributed by atoms with van der Waals surface area (Å²) in [6.45, 7) is 2.79. The van der Waals surface area contributed by atoms with Crippen LogP contribution in [0.5, 0.6) is 0 Å². The number of fused-ring (bicyclic) bond motifs is 1. The molecule has 3 rings (SSSR count). The fraction of sp³-hybridized carbons (Fsp3) is 0.471. The maximum Gasteiger partial charge on any atom is 0.242 e. The minimum absolute atomic E-state index is 0.00324. The molecule has 0 aliphatic heterocycles. The molecule has 1 unspecified atom stereocenters. The van der Waals surface area contributed by atoms with E-state index < -0.39 is 6.04 Å². The zero-order valence-electron chi connectivity index (χ0n) is 13.7. The summed E-state index contributed by atoms with van der Waals surface area (Å²) in [5.41, 5.74) is 0.973. The van der Waals surface area contributed by atoms with E-state index in [1.807, 2.05) is 24.3 Å². The molecule has 2 amide bonds. The highest BCUT2D eigenvalue weighted by Gasteiger charge is 2.27.